The van der Waals surface area contributed by atoms with Crippen molar-refractivity contribution < 1.29 is 9.59 Å². The number of H-pyrrole nitrogens is 1. The van der Waals surface area contributed by atoms with Gasteiger partial charge < -0.3 is 15.6 Å². The summed E-state index contributed by atoms with van der Waals surface area (Å²) >= 11 is 0. The van der Waals surface area contributed by atoms with Gasteiger partial charge in [-0.2, -0.15) is 0 Å². The maximum Gasteiger partial charge on any atom is 0.309 e. The molecule has 1 atom stereocenters. The smallest absolute Gasteiger partial charge is 0.309 e. The lowest BCUT2D eigenvalue weighted by Crippen LogP contribution is -2.45. The third-order valence-corrected chi connectivity index (χ3v) is 4.96. The predicted molar refractivity (Wildman–Crippen MR) is 98.3 cm³/mol. The van der Waals surface area contributed by atoms with Crippen molar-refractivity contribution in [3.8, 4) is 0 Å². The number of likely N-dealkylation sites (N-methyl/N-ethyl adjacent to an activating group) is 1. The third kappa shape index (κ3) is 4.20. The monoisotopic (exact) mass is 342 g/mol. The summed E-state index contributed by atoms with van der Waals surface area (Å²) in [6, 6.07) is 8.41. The lowest BCUT2D eigenvalue weighted by molar-refractivity contribution is -0.139. The number of hydrogen-bond acceptors (Lipinski definition) is 3. The number of rotatable bonds is 6. The first-order chi connectivity index (χ1) is 12.2. The van der Waals surface area contributed by atoms with E-state index in [9.17, 15) is 9.59 Å². The first kappa shape index (κ1) is 17.5. The van der Waals surface area contributed by atoms with Gasteiger partial charge in [0.05, 0.1) is 0 Å². The molecule has 25 heavy (non-hydrogen) atoms. The van der Waals surface area contributed by atoms with Crippen LogP contribution >= 0.6 is 0 Å². The molecule has 1 fully saturated rings. The molecule has 1 aliphatic heterocycles. The summed E-state index contributed by atoms with van der Waals surface area (Å²) in [4.78, 5) is 29.5. The van der Waals surface area contributed by atoms with Crippen LogP contribution in [-0.2, 0) is 16.0 Å². The zero-order valence-corrected chi connectivity index (χ0v) is 14.7. The fourth-order valence-electron chi connectivity index (χ4n) is 3.56. The lowest BCUT2D eigenvalue weighted by atomic mass is 10.1. The lowest BCUT2D eigenvalue weighted by Gasteiger charge is -2.22. The van der Waals surface area contributed by atoms with Crippen LogP contribution in [0.2, 0.25) is 0 Å². The minimum absolute atomic E-state index is 0.355. The molecule has 2 heterocycles. The summed E-state index contributed by atoms with van der Waals surface area (Å²) in [7, 11) is 0. The highest BCUT2D eigenvalue weighted by atomic mass is 16.2. The van der Waals surface area contributed by atoms with Crippen molar-refractivity contribution in [2.75, 3.05) is 26.2 Å². The number of carbonyl (C=O) groups is 2. The molecule has 0 bridgehead atoms. The first-order valence-electron chi connectivity index (χ1n) is 9.04. The maximum absolute atomic E-state index is 12.0. The van der Waals surface area contributed by atoms with Gasteiger partial charge in [0.25, 0.3) is 0 Å². The van der Waals surface area contributed by atoms with Crippen molar-refractivity contribution in [1.29, 1.82) is 0 Å². The van der Waals surface area contributed by atoms with Gasteiger partial charge in [-0.1, -0.05) is 25.1 Å². The van der Waals surface area contributed by atoms with Crippen LogP contribution in [0.15, 0.2) is 30.5 Å². The van der Waals surface area contributed by atoms with Gasteiger partial charge in [0.2, 0.25) is 0 Å². The van der Waals surface area contributed by atoms with E-state index in [-0.39, 0.29) is 0 Å². The zero-order valence-electron chi connectivity index (χ0n) is 14.7. The molecule has 6 heteroatoms. The summed E-state index contributed by atoms with van der Waals surface area (Å²) in [5.41, 5.74) is 2.22. The molecule has 0 saturated carbocycles. The molecular weight excluding hydrogens is 316 g/mol. The molecule has 1 aromatic heterocycles. The third-order valence-electron chi connectivity index (χ3n) is 4.96. The fraction of sp³-hybridized carbons (Fsp3) is 0.474. The number of aromatic nitrogens is 1. The van der Waals surface area contributed by atoms with E-state index in [1.807, 2.05) is 24.4 Å². The quantitative estimate of drug-likeness (QED) is 0.695. The average molecular weight is 342 g/mol. The predicted octanol–water partition coefficient (Wildman–Crippen LogP) is 1.43. The van der Waals surface area contributed by atoms with E-state index >= 15 is 0 Å². The summed E-state index contributed by atoms with van der Waals surface area (Å²) in [6.07, 6.45) is 4.88. The second-order valence-corrected chi connectivity index (χ2v) is 6.50. The van der Waals surface area contributed by atoms with E-state index in [4.69, 9.17) is 0 Å². The van der Waals surface area contributed by atoms with Gasteiger partial charge in [0.15, 0.2) is 0 Å². The Kier molecular flexibility index (Phi) is 5.71. The van der Waals surface area contributed by atoms with Gasteiger partial charge in [-0.3, -0.25) is 14.5 Å². The number of para-hydroxylation sites is 1. The van der Waals surface area contributed by atoms with E-state index in [2.05, 4.69) is 33.5 Å². The number of likely N-dealkylation sites (tertiary alicyclic amines) is 1. The second-order valence-electron chi connectivity index (χ2n) is 6.50. The number of fused-ring (bicyclic) bond motifs is 1. The molecule has 3 rings (SSSR count). The van der Waals surface area contributed by atoms with E-state index in [0.717, 1.165) is 42.4 Å². The summed E-state index contributed by atoms with van der Waals surface area (Å²) in [5.74, 6) is -1.09. The minimum atomic E-state index is -0.555. The Labute approximate surface area is 148 Å². The fourth-order valence-corrected chi connectivity index (χ4v) is 3.56. The van der Waals surface area contributed by atoms with Gasteiger partial charge in [-0.25, -0.2) is 0 Å². The van der Waals surface area contributed by atoms with Crippen molar-refractivity contribution >= 4 is 22.7 Å². The average Bonchev–Trinajstić information content (AvgIpc) is 3.26. The van der Waals surface area contributed by atoms with Gasteiger partial charge in [-0.15, -0.1) is 0 Å². The van der Waals surface area contributed by atoms with E-state index < -0.39 is 11.8 Å². The van der Waals surface area contributed by atoms with Gasteiger partial charge >= 0.3 is 11.8 Å². The van der Waals surface area contributed by atoms with E-state index in [1.165, 1.54) is 0 Å². The van der Waals surface area contributed by atoms with Crippen LogP contribution in [0, 0.1) is 0 Å². The van der Waals surface area contributed by atoms with Gasteiger partial charge in [0, 0.05) is 36.2 Å². The molecule has 2 aromatic rings. The number of aromatic amines is 1. The Bertz CT molecular complexity index is 740. The number of benzene rings is 1. The highest BCUT2D eigenvalue weighted by Gasteiger charge is 2.24. The van der Waals surface area contributed by atoms with Crippen LogP contribution in [0.25, 0.3) is 10.9 Å². The van der Waals surface area contributed by atoms with Crippen LogP contribution in [0.3, 0.4) is 0 Å². The van der Waals surface area contributed by atoms with Crippen molar-refractivity contribution in [3.63, 3.8) is 0 Å². The first-order valence-corrected chi connectivity index (χ1v) is 9.04. The molecule has 0 radical (unpaired) electrons. The number of nitrogens with zero attached hydrogens (tertiary/aromatic N) is 1. The molecule has 3 N–H and O–H groups in total. The molecule has 1 aliphatic rings. The maximum atomic E-state index is 12.0. The molecule has 0 aliphatic carbocycles. The number of carbonyl (C=O) groups excluding carboxylic acids is 2. The Morgan fingerprint density at radius 2 is 2.04 bits per heavy atom. The van der Waals surface area contributed by atoms with Crippen LogP contribution in [0.4, 0.5) is 0 Å². The minimum Gasteiger partial charge on any atom is -0.361 e. The zero-order chi connectivity index (χ0) is 17.6. The summed E-state index contributed by atoms with van der Waals surface area (Å²) < 4.78 is 0. The molecule has 1 aromatic carbocycles. The number of hydrogen-bond donors (Lipinski definition) is 3. The highest BCUT2D eigenvalue weighted by molar-refractivity contribution is 6.35. The van der Waals surface area contributed by atoms with Crippen molar-refractivity contribution in [1.82, 2.24) is 20.5 Å². The molecule has 6 nitrogen and oxygen atoms in total. The van der Waals surface area contributed by atoms with Crippen molar-refractivity contribution in [3.05, 3.63) is 36.0 Å². The number of nitrogens with one attached hydrogen (secondary N) is 3. The molecule has 2 amide bonds. The van der Waals surface area contributed by atoms with E-state index in [0.29, 0.717) is 25.6 Å². The molecule has 1 saturated heterocycles. The number of amides is 2. The van der Waals surface area contributed by atoms with Crippen LogP contribution in [-0.4, -0.2) is 53.9 Å². The standard InChI is InChI=1S/C19H26N4O2/c1-2-23-11-5-6-15(23)13-22-19(25)18(24)20-10-9-14-12-21-17-8-4-3-7-16(14)17/h3-4,7-8,12,15,21H,2,5-6,9-11,13H2,1H3,(H,20,24)(H,22,25)/t15-/m1/s1. The van der Waals surface area contributed by atoms with Crippen LogP contribution < -0.4 is 10.6 Å². The largest absolute Gasteiger partial charge is 0.361 e. The molecule has 134 valence electrons. The Balaban J connectivity index is 1.42. The van der Waals surface area contributed by atoms with Gasteiger partial charge in [-0.05, 0) is 44.0 Å². The molecular formula is C19H26N4O2. The highest BCUT2D eigenvalue weighted by Crippen LogP contribution is 2.17. The van der Waals surface area contributed by atoms with Crippen LogP contribution in [0.5, 0.6) is 0 Å². The molecule has 0 unspecified atom stereocenters. The normalized spacial score (nSPS) is 17.7. The van der Waals surface area contributed by atoms with Crippen molar-refractivity contribution in [2.24, 2.45) is 0 Å². The van der Waals surface area contributed by atoms with Gasteiger partial charge in [0.1, 0.15) is 0 Å². The SMILES string of the molecule is CCN1CCC[C@@H]1CNC(=O)C(=O)NCCc1c[nH]c2ccccc12. The Morgan fingerprint density at radius 1 is 1.24 bits per heavy atom. The Hall–Kier alpha value is -2.34. The Morgan fingerprint density at radius 3 is 2.88 bits per heavy atom. The van der Waals surface area contributed by atoms with E-state index in [1.54, 1.807) is 0 Å². The van der Waals surface area contributed by atoms with Crippen molar-refractivity contribution in [2.45, 2.75) is 32.2 Å². The summed E-state index contributed by atoms with van der Waals surface area (Å²) in [5, 5.41) is 6.63. The van der Waals surface area contributed by atoms with Crippen LogP contribution in [0.1, 0.15) is 25.3 Å². The summed E-state index contributed by atoms with van der Waals surface area (Å²) in [6.45, 7) is 5.17. The second kappa shape index (κ2) is 8.16. The topological polar surface area (TPSA) is 77.2 Å². The molecule has 0 spiro atoms.